The number of imidazole rings is 1. The van der Waals surface area contributed by atoms with Gasteiger partial charge in [-0.05, 0) is 36.6 Å². The SMILES string of the molecule is Cc1ccc(-c2cnc(CCNC(C)C)[nH]2)cc1C. The Morgan fingerprint density at radius 2 is 2.00 bits per heavy atom. The Labute approximate surface area is 115 Å². The second-order valence-electron chi connectivity index (χ2n) is 5.40. The molecule has 2 rings (SSSR count). The van der Waals surface area contributed by atoms with E-state index in [0.29, 0.717) is 6.04 Å². The van der Waals surface area contributed by atoms with Gasteiger partial charge in [0.05, 0.1) is 11.9 Å². The molecule has 0 radical (unpaired) electrons. The Balaban J connectivity index is 2.05. The van der Waals surface area contributed by atoms with Gasteiger partial charge in [0, 0.05) is 19.0 Å². The molecule has 0 saturated heterocycles. The Morgan fingerprint density at radius 3 is 2.68 bits per heavy atom. The molecule has 3 heteroatoms. The smallest absolute Gasteiger partial charge is 0.107 e. The van der Waals surface area contributed by atoms with Crippen molar-refractivity contribution >= 4 is 0 Å². The predicted molar refractivity (Wildman–Crippen MR) is 80.3 cm³/mol. The number of nitrogens with zero attached hydrogens (tertiary/aromatic N) is 1. The molecule has 0 saturated carbocycles. The van der Waals surface area contributed by atoms with Gasteiger partial charge in [0.25, 0.3) is 0 Å². The van der Waals surface area contributed by atoms with Gasteiger partial charge in [-0.3, -0.25) is 0 Å². The summed E-state index contributed by atoms with van der Waals surface area (Å²) in [6, 6.07) is 7.03. The third-order valence-corrected chi connectivity index (χ3v) is 3.36. The van der Waals surface area contributed by atoms with Crippen LogP contribution in [0, 0.1) is 13.8 Å². The number of hydrogen-bond donors (Lipinski definition) is 2. The van der Waals surface area contributed by atoms with E-state index in [4.69, 9.17) is 0 Å². The third-order valence-electron chi connectivity index (χ3n) is 3.36. The average Bonchev–Trinajstić information content (AvgIpc) is 2.81. The predicted octanol–water partition coefficient (Wildman–Crippen LogP) is 3.23. The highest BCUT2D eigenvalue weighted by molar-refractivity contribution is 5.60. The van der Waals surface area contributed by atoms with Crippen LogP contribution in [0.25, 0.3) is 11.3 Å². The Hall–Kier alpha value is -1.61. The minimum Gasteiger partial charge on any atom is -0.342 e. The highest BCUT2D eigenvalue weighted by Crippen LogP contribution is 2.20. The van der Waals surface area contributed by atoms with Gasteiger partial charge in [0.1, 0.15) is 5.82 Å². The molecule has 0 atom stereocenters. The molecule has 1 aromatic carbocycles. The van der Waals surface area contributed by atoms with Gasteiger partial charge in [-0.1, -0.05) is 26.0 Å². The molecular formula is C16H23N3. The van der Waals surface area contributed by atoms with Crippen LogP contribution in [0.4, 0.5) is 0 Å². The van der Waals surface area contributed by atoms with Crippen LogP contribution in [-0.2, 0) is 6.42 Å². The number of rotatable bonds is 5. The topological polar surface area (TPSA) is 40.7 Å². The molecule has 1 heterocycles. The van der Waals surface area contributed by atoms with E-state index in [2.05, 4.69) is 61.2 Å². The molecule has 2 aromatic rings. The maximum absolute atomic E-state index is 4.45. The number of nitrogens with one attached hydrogen (secondary N) is 2. The Morgan fingerprint density at radius 1 is 1.21 bits per heavy atom. The fourth-order valence-corrected chi connectivity index (χ4v) is 2.02. The second-order valence-corrected chi connectivity index (χ2v) is 5.40. The van der Waals surface area contributed by atoms with E-state index in [1.807, 2.05) is 6.20 Å². The second kappa shape index (κ2) is 6.02. The van der Waals surface area contributed by atoms with Gasteiger partial charge < -0.3 is 10.3 Å². The fourth-order valence-electron chi connectivity index (χ4n) is 2.02. The minimum atomic E-state index is 0.522. The van der Waals surface area contributed by atoms with E-state index < -0.39 is 0 Å². The first-order valence-corrected chi connectivity index (χ1v) is 6.91. The molecule has 0 spiro atoms. The summed E-state index contributed by atoms with van der Waals surface area (Å²) in [5.41, 5.74) is 4.95. The summed E-state index contributed by atoms with van der Waals surface area (Å²) in [4.78, 5) is 7.84. The summed E-state index contributed by atoms with van der Waals surface area (Å²) in [6.07, 6.45) is 2.86. The first kappa shape index (κ1) is 13.8. The normalized spacial score (nSPS) is 11.2. The zero-order chi connectivity index (χ0) is 13.8. The van der Waals surface area contributed by atoms with Gasteiger partial charge in [-0.15, -0.1) is 0 Å². The van der Waals surface area contributed by atoms with Gasteiger partial charge in [0.15, 0.2) is 0 Å². The zero-order valence-electron chi connectivity index (χ0n) is 12.2. The number of H-pyrrole nitrogens is 1. The van der Waals surface area contributed by atoms with E-state index >= 15 is 0 Å². The lowest BCUT2D eigenvalue weighted by Crippen LogP contribution is -2.25. The summed E-state index contributed by atoms with van der Waals surface area (Å²) in [5.74, 6) is 1.04. The lowest BCUT2D eigenvalue weighted by atomic mass is 10.1. The van der Waals surface area contributed by atoms with Gasteiger partial charge in [-0.25, -0.2) is 4.98 Å². The molecule has 3 nitrogen and oxygen atoms in total. The van der Waals surface area contributed by atoms with E-state index in [1.54, 1.807) is 0 Å². The van der Waals surface area contributed by atoms with Crippen LogP contribution in [0.3, 0.4) is 0 Å². The molecule has 0 aliphatic carbocycles. The van der Waals surface area contributed by atoms with E-state index in [-0.39, 0.29) is 0 Å². The summed E-state index contributed by atoms with van der Waals surface area (Å²) in [5, 5.41) is 3.40. The van der Waals surface area contributed by atoms with Crippen LogP contribution >= 0.6 is 0 Å². The molecule has 0 bridgehead atoms. The first-order chi connectivity index (χ1) is 9.06. The van der Waals surface area contributed by atoms with Crippen LogP contribution in [0.1, 0.15) is 30.8 Å². The number of benzene rings is 1. The quantitative estimate of drug-likeness (QED) is 0.863. The van der Waals surface area contributed by atoms with Crippen LogP contribution in [0.15, 0.2) is 24.4 Å². The maximum atomic E-state index is 4.45. The van der Waals surface area contributed by atoms with Crippen molar-refractivity contribution in [3.8, 4) is 11.3 Å². The van der Waals surface area contributed by atoms with Crippen molar-refractivity contribution in [1.29, 1.82) is 0 Å². The summed E-state index contributed by atoms with van der Waals surface area (Å²) >= 11 is 0. The Kier molecular flexibility index (Phi) is 4.38. The van der Waals surface area contributed by atoms with Crippen molar-refractivity contribution in [3.05, 3.63) is 41.3 Å². The van der Waals surface area contributed by atoms with E-state index in [1.165, 1.54) is 16.7 Å². The highest BCUT2D eigenvalue weighted by Gasteiger charge is 2.04. The number of hydrogen-bond acceptors (Lipinski definition) is 2. The molecular weight excluding hydrogens is 234 g/mol. The lowest BCUT2D eigenvalue weighted by molar-refractivity contribution is 0.584. The lowest BCUT2D eigenvalue weighted by Gasteiger charge is -2.06. The maximum Gasteiger partial charge on any atom is 0.107 e. The summed E-state index contributed by atoms with van der Waals surface area (Å²) < 4.78 is 0. The van der Waals surface area contributed by atoms with Crippen molar-refractivity contribution in [2.24, 2.45) is 0 Å². The molecule has 1 aromatic heterocycles. The molecule has 2 N–H and O–H groups in total. The molecule has 0 fully saturated rings. The van der Waals surface area contributed by atoms with Crippen molar-refractivity contribution in [2.45, 2.75) is 40.2 Å². The molecule has 0 amide bonds. The average molecular weight is 257 g/mol. The standard InChI is InChI=1S/C16H23N3/c1-11(2)17-8-7-16-18-10-15(19-16)14-6-5-12(3)13(4)9-14/h5-6,9-11,17H,7-8H2,1-4H3,(H,18,19). The molecule has 0 aliphatic rings. The van der Waals surface area contributed by atoms with Gasteiger partial charge in [-0.2, -0.15) is 0 Å². The molecule has 19 heavy (non-hydrogen) atoms. The highest BCUT2D eigenvalue weighted by atomic mass is 14.9. The monoisotopic (exact) mass is 257 g/mol. The van der Waals surface area contributed by atoms with E-state index in [9.17, 15) is 0 Å². The molecule has 0 unspecified atom stereocenters. The van der Waals surface area contributed by atoms with Crippen LogP contribution < -0.4 is 5.32 Å². The number of aromatic amines is 1. The number of aryl methyl sites for hydroxylation is 2. The Bertz CT molecular complexity index is 541. The van der Waals surface area contributed by atoms with Crippen molar-refractivity contribution in [2.75, 3.05) is 6.54 Å². The van der Waals surface area contributed by atoms with Crippen molar-refractivity contribution in [3.63, 3.8) is 0 Å². The van der Waals surface area contributed by atoms with Crippen LogP contribution in [0.2, 0.25) is 0 Å². The fraction of sp³-hybridized carbons (Fsp3) is 0.438. The largest absolute Gasteiger partial charge is 0.342 e. The van der Waals surface area contributed by atoms with Gasteiger partial charge >= 0.3 is 0 Å². The summed E-state index contributed by atoms with van der Waals surface area (Å²) in [7, 11) is 0. The van der Waals surface area contributed by atoms with Crippen molar-refractivity contribution < 1.29 is 0 Å². The van der Waals surface area contributed by atoms with Crippen molar-refractivity contribution in [1.82, 2.24) is 15.3 Å². The third kappa shape index (κ3) is 3.67. The van der Waals surface area contributed by atoms with E-state index in [0.717, 1.165) is 24.5 Å². The summed E-state index contributed by atoms with van der Waals surface area (Å²) in [6.45, 7) is 9.54. The first-order valence-electron chi connectivity index (χ1n) is 6.91. The molecule has 0 aliphatic heterocycles. The zero-order valence-corrected chi connectivity index (χ0v) is 12.2. The van der Waals surface area contributed by atoms with Crippen LogP contribution in [-0.4, -0.2) is 22.6 Å². The van der Waals surface area contributed by atoms with Crippen LogP contribution in [0.5, 0.6) is 0 Å². The minimum absolute atomic E-state index is 0.522. The molecule has 102 valence electrons. The van der Waals surface area contributed by atoms with Gasteiger partial charge in [0.2, 0.25) is 0 Å². The number of aromatic nitrogens is 2.